The molecule has 0 aliphatic heterocycles. The summed E-state index contributed by atoms with van der Waals surface area (Å²) in [6.45, 7) is 1.96. The maximum atomic E-state index is 13.5. The minimum Gasteiger partial charge on any atom is -0.348 e. The summed E-state index contributed by atoms with van der Waals surface area (Å²) >= 11 is 0. The molecule has 2 aromatic rings. The molecule has 5 heteroatoms. The van der Waals surface area contributed by atoms with Crippen LogP contribution < -0.4 is 10.6 Å². The first-order chi connectivity index (χ1) is 11.5. The van der Waals surface area contributed by atoms with Gasteiger partial charge in [-0.3, -0.25) is 9.59 Å². The average Bonchev–Trinajstić information content (AvgIpc) is 3.40. The Morgan fingerprint density at radius 3 is 2.67 bits per heavy atom. The van der Waals surface area contributed by atoms with Crippen molar-refractivity contribution in [3.63, 3.8) is 0 Å². The largest absolute Gasteiger partial charge is 0.348 e. The van der Waals surface area contributed by atoms with E-state index in [1.165, 1.54) is 6.07 Å². The topological polar surface area (TPSA) is 58.2 Å². The maximum Gasteiger partial charge on any atom is 0.251 e. The van der Waals surface area contributed by atoms with Gasteiger partial charge in [0, 0.05) is 23.7 Å². The molecule has 0 bridgehead atoms. The second kappa shape index (κ2) is 6.83. The van der Waals surface area contributed by atoms with Crippen LogP contribution in [0.3, 0.4) is 0 Å². The third kappa shape index (κ3) is 3.98. The molecule has 2 amide bonds. The summed E-state index contributed by atoms with van der Waals surface area (Å²) < 4.78 is 13.5. The standard InChI is InChI=1S/C19H19FN2O2/c1-12-5-6-15(10-17(12)20)18(23)21-11-13-3-2-4-16(9-13)22-19(24)14-7-8-14/h2-6,9-10,14H,7-8,11H2,1H3,(H,21,23)(H,22,24). The van der Waals surface area contributed by atoms with E-state index in [-0.39, 0.29) is 23.3 Å². The third-order valence-electron chi connectivity index (χ3n) is 4.03. The summed E-state index contributed by atoms with van der Waals surface area (Å²) in [7, 11) is 0. The van der Waals surface area contributed by atoms with Gasteiger partial charge >= 0.3 is 0 Å². The number of amides is 2. The van der Waals surface area contributed by atoms with E-state index in [4.69, 9.17) is 0 Å². The molecule has 3 rings (SSSR count). The highest BCUT2D eigenvalue weighted by molar-refractivity contribution is 5.95. The fraction of sp³-hybridized carbons (Fsp3) is 0.263. The van der Waals surface area contributed by atoms with Crippen molar-refractivity contribution in [2.45, 2.75) is 26.3 Å². The van der Waals surface area contributed by atoms with Crippen LogP contribution in [0.2, 0.25) is 0 Å². The molecule has 2 N–H and O–H groups in total. The van der Waals surface area contributed by atoms with E-state index >= 15 is 0 Å². The van der Waals surface area contributed by atoms with Crippen molar-refractivity contribution in [2.75, 3.05) is 5.32 Å². The van der Waals surface area contributed by atoms with Crippen molar-refractivity contribution < 1.29 is 14.0 Å². The number of anilines is 1. The summed E-state index contributed by atoms with van der Waals surface area (Å²) in [6.07, 6.45) is 1.91. The molecule has 0 spiro atoms. The highest BCUT2D eigenvalue weighted by atomic mass is 19.1. The number of carbonyl (C=O) groups excluding carboxylic acids is 2. The summed E-state index contributed by atoms with van der Waals surface area (Å²) in [5.41, 5.74) is 2.38. The molecular weight excluding hydrogens is 307 g/mol. The van der Waals surface area contributed by atoms with Gasteiger partial charge in [0.15, 0.2) is 0 Å². The van der Waals surface area contributed by atoms with Crippen LogP contribution in [-0.2, 0) is 11.3 Å². The van der Waals surface area contributed by atoms with E-state index in [1.54, 1.807) is 19.1 Å². The van der Waals surface area contributed by atoms with Crippen molar-refractivity contribution in [3.05, 3.63) is 65.0 Å². The van der Waals surface area contributed by atoms with E-state index < -0.39 is 5.82 Å². The Hall–Kier alpha value is -2.69. The Balaban J connectivity index is 1.60. The number of nitrogens with one attached hydrogen (secondary N) is 2. The molecule has 0 saturated heterocycles. The van der Waals surface area contributed by atoms with E-state index in [1.807, 2.05) is 24.3 Å². The van der Waals surface area contributed by atoms with Crippen LogP contribution in [-0.4, -0.2) is 11.8 Å². The highest BCUT2D eigenvalue weighted by Crippen LogP contribution is 2.30. The predicted molar refractivity (Wildman–Crippen MR) is 90.1 cm³/mol. The molecule has 4 nitrogen and oxygen atoms in total. The second-order valence-electron chi connectivity index (χ2n) is 6.11. The minimum atomic E-state index is -0.396. The molecule has 1 fully saturated rings. The number of benzene rings is 2. The molecule has 0 unspecified atom stereocenters. The number of halogens is 1. The Kier molecular flexibility index (Phi) is 4.60. The highest BCUT2D eigenvalue weighted by Gasteiger charge is 2.29. The second-order valence-corrected chi connectivity index (χ2v) is 6.11. The fourth-order valence-electron chi connectivity index (χ4n) is 2.37. The summed E-state index contributed by atoms with van der Waals surface area (Å²) in [4.78, 5) is 23.9. The number of carbonyl (C=O) groups is 2. The Labute approximate surface area is 140 Å². The van der Waals surface area contributed by atoms with Crippen molar-refractivity contribution in [3.8, 4) is 0 Å². The first kappa shape index (κ1) is 16.2. The fourth-order valence-corrected chi connectivity index (χ4v) is 2.37. The monoisotopic (exact) mass is 326 g/mol. The lowest BCUT2D eigenvalue weighted by Gasteiger charge is -2.09. The number of hydrogen-bond acceptors (Lipinski definition) is 2. The SMILES string of the molecule is Cc1ccc(C(=O)NCc2cccc(NC(=O)C3CC3)c2)cc1F. The van der Waals surface area contributed by atoms with Crippen molar-refractivity contribution in [2.24, 2.45) is 5.92 Å². The van der Waals surface area contributed by atoms with Gasteiger partial charge in [-0.25, -0.2) is 4.39 Å². The first-order valence-corrected chi connectivity index (χ1v) is 7.97. The van der Waals surface area contributed by atoms with Crippen LogP contribution in [0.5, 0.6) is 0 Å². The summed E-state index contributed by atoms with van der Waals surface area (Å²) in [6, 6.07) is 11.8. The predicted octanol–water partition coefficient (Wildman–Crippen LogP) is 3.41. The summed E-state index contributed by atoms with van der Waals surface area (Å²) in [5.74, 6) is -0.537. The third-order valence-corrected chi connectivity index (χ3v) is 4.03. The van der Waals surface area contributed by atoms with Gasteiger partial charge in [-0.15, -0.1) is 0 Å². The average molecular weight is 326 g/mol. The van der Waals surface area contributed by atoms with Crippen molar-refractivity contribution in [1.82, 2.24) is 5.32 Å². The molecule has 0 radical (unpaired) electrons. The van der Waals surface area contributed by atoms with Crippen LogP contribution in [0.25, 0.3) is 0 Å². The van der Waals surface area contributed by atoms with Crippen LogP contribution in [0, 0.1) is 18.7 Å². The Bertz CT molecular complexity index is 785. The van der Waals surface area contributed by atoms with E-state index in [0.717, 1.165) is 24.1 Å². The van der Waals surface area contributed by atoms with Gasteiger partial charge in [0.05, 0.1) is 0 Å². The van der Waals surface area contributed by atoms with Gasteiger partial charge < -0.3 is 10.6 Å². The minimum absolute atomic E-state index is 0.0475. The molecular formula is C19H19FN2O2. The smallest absolute Gasteiger partial charge is 0.251 e. The zero-order valence-electron chi connectivity index (χ0n) is 13.4. The van der Waals surface area contributed by atoms with E-state index in [9.17, 15) is 14.0 Å². The molecule has 2 aromatic carbocycles. The van der Waals surface area contributed by atoms with Gasteiger partial charge in [-0.2, -0.15) is 0 Å². The number of rotatable bonds is 5. The van der Waals surface area contributed by atoms with E-state index in [0.29, 0.717) is 12.1 Å². The van der Waals surface area contributed by atoms with Crippen molar-refractivity contribution >= 4 is 17.5 Å². The molecule has 0 atom stereocenters. The lowest BCUT2D eigenvalue weighted by atomic mass is 10.1. The van der Waals surface area contributed by atoms with Gasteiger partial charge in [-0.05, 0) is 55.2 Å². The normalized spacial score (nSPS) is 13.4. The van der Waals surface area contributed by atoms with Gasteiger partial charge in [0.25, 0.3) is 5.91 Å². The zero-order valence-corrected chi connectivity index (χ0v) is 13.4. The molecule has 124 valence electrons. The number of hydrogen-bond donors (Lipinski definition) is 2. The zero-order chi connectivity index (χ0) is 17.1. The van der Waals surface area contributed by atoms with Gasteiger partial charge in [0.2, 0.25) is 5.91 Å². The molecule has 1 aliphatic rings. The van der Waals surface area contributed by atoms with Crippen LogP contribution in [0.15, 0.2) is 42.5 Å². The molecule has 24 heavy (non-hydrogen) atoms. The first-order valence-electron chi connectivity index (χ1n) is 7.97. The number of aryl methyl sites for hydroxylation is 1. The van der Waals surface area contributed by atoms with Gasteiger partial charge in [-0.1, -0.05) is 18.2 Å². The lowest BCUT2D eigenvalue weighted by Crippen LogP contribution is -2.23. The van der Waals surface area contributed by atoms with Crippen LogP contribution in [0.4, 0.5) is 10.1 Å². The molecule has 1 saturated carbocycles. The van der Waals surface area contributed by atoms with Gasteiger partial charge in [0.1, 0.15) is 5.82 Å². The molecule has 1 aliphatic carbocycles. The quantitative estimate of drug-likeness (QED) is 0.884. The van der Waals surface area contributed by atoms with Crippen molar-refractivity contribution in [1.29, 1.82) is 0 Å². The Morgan fingerprint density at radius 1 is 1.17 bits per heavy atom. The van der Waals surface area contributed by atoms with E-state index in [2.05, 4.69) is 10.6 Å². The molecule has 0 aromatic heterocycles. The maximum absolute atomic E-state index is 13.5. The van der Waals surface area contributed by atoms with Crippen LogP contribution in [0.1, 0.15) is 34.3 Å². The summed E-state index contributed by atoms with van der Waals surface area (Å²) in [5, 5.41) is 5.64. The van der Waals surface area contributed by atoms with Crippen LogP contribution >= 0.6 is 0 Å². The lowest BCUT2D eigenvalue weighted by molar-refractivity contribution is -0.117. The Morgan fingerprint density at radius 2 is 1.96 bits per heavy atom. The molecule has 0 heterocycles.